The number of nitrogens with zero attached hydrogens (tertiary/aromatic N) is 3. The van der Waals surface area contributed by atoms with Crippen LogP contribution in [0.1, 0.15) is 12.8 Å². The first-order valence-corrected chi connectivity index (χ1v) is 10.7. The maximum Gasteiger partial charge on any atom is 0.215 e. The molecule has 1 aromatic carbocycles. The zero-order chi connectivity index (χ0) is 19.0. The standard InChI is InChI=1S/C18H25N5O3S/c24-27(25,13-12-26-16-6-2-1-3-7-16)22-9-8-19-17-14-18(21-15-20-17)23-10-4-5-11-23/h1-3,6-7,14-15,22H,4-5,8-13H2,(H,19,20,21). The molecule has 9 heteroatoms. The third-order valence-corrected chi connectivity index (χ3v) is 5.55. The van der Waals surface area contributed by atoms with Gasteiger partial charge in [0.05, 0.1) is 5.75 Å². The summed E-state index contributed by atoms with van der Waals surface area (Å²) in [5.74, 6) is 2.17. The van der Waals surface area contributed by atoms with E-state index in [1.807, 2.05) is 24.3 Å². The molecule has 0 atom stereocenters. The number of rotatable bonds is 10. The fourth-order valence-corrected chi connectivity index (χ4v) is 3.68. The Balaban J connectivity index is 1.37. The Labute approximate surface area is 160 Å². The van der Waals surface area contributed by atoms with E-state index in [0.29, 0.717) is 18.1 Å². The SMILES string of the molecule is O=S(=O)(CCOc1ccccc1)NCCNc1cc(N2CCCC2)ncn1. The lowest BCUT2D eigenvalue weighted by atomic mass is 10.3. The van der Waals surface area contributed by atoms with Gasteiger partial charge in [-0.05, 0) is 25.0 Å². The molecule has 0 aliphatic carbocycles. The van der Waals surface area contributed by atoms with Crippen molar-refractivity contribution >= 4 is 21.7 Å². The van der Waals surface area contributed by atoms with Gasteiger partial charge in [-0.25, -0.2) is 23.1 Å². The predicted molar refractivity (Wildman–Crippen MR) is 106 cm³/mol. The number of sulfonamides is 1. The summed E-state index contributed by atoms with van der Waals surface area (Å²) in [5.41, 5.74) is 0. The highest BCUT2D eigenvalue weighted by molar-refractivity contribution is 7.89. The molecular formula is C18H25N5O3S. The number of ether oxygens (including phenoxy) is 1. The first kappa shape index (κ1) is 19.4. The van der Waals surface area contributed by atoms with Gasteiger partial charge in [0.15, 0.2) is 0 Å². The van der Waals surface area contributed by atoms with Crippen molar-refractivity contribution in [2.75, 3.05) is 48.8 Å². The minimum atomic E-state index is -3.38. The highest BCUT2D eigenvalue weighted by Gasteiger charge is 2.14. The monoisotopic (exact) mass is 391 g/mol. The number of anilines is 2. The van der Waals surface area contributed by atoms with Gasteiger partial charge in [-0.2, -0.15) is 0 Å². The van der Waals surface area contributed by atoms with Gasteiger partial charge >= 0.3 is 0 Å². The van der Waals surface area contributed by atoms with E-state index in [1.54, 1.807) is 12.1 Å². The van der Waals surface area contributed by atoms with Gasteiger partial charge in [-0.15, -0.1) is 0 Å². The summed E-state index contributed by atoms with van der Waals surface area (Å²) >= 11 is 0. The summed E-state index contributed by atoms with van der Waals surface area (Å²) in [5, 5.41) is 3.13. The lowest BCUT2D eigenvalue weighted by Crippen LogP contribution is -2.32. The molecule has 27 heavy (non-hydrogen) atoms. The van der Waals surface area contributed by atoms with E-state index >= 15 is 0 Å². The molecule has 2 aromatic rings. The van der Waals surface area contributed by atoms with E-state index in [9.17, 15) is 8.42 Å². The molecule has 0 spiro atoms. The third kappa shape index (κ3) is 6.37. The minimum Gasteiger partial charge on any atom is -0.492 e. The Kier molecular flexibility index (Phi) is 6.83. The maximum absolute atomic E-state index is 12.0. The number of nitrogens with one attached hydrogen (secondary N) is 2. The zero-order valence-corrected chi connectivity index (χ0v) is 16.0. The van der Waals surface area contributed by atoms with Crippen LogP contribution in [0.2, 0.25) is 0 Å². The van der Waals surface area contributed by atoms with Crippen molar-refractivity contribution < 1.29 is 13.2 Å². The molecule has 0 saturated carbocycles. The van der Waals surface area contributed by atoms with Crippen LogP contribution in [0.25, 0.3) is 0 Å². The van der Waals surface area contributed by atoms with E-state index in [0.717, 1.165) is 18.9 Å². The van der Waals surface area contributed by atoms with E-state index < -0.39 is 10.0 Å². The Morgan fingerprint density at radius 3 is 2.63 bits per heavy atom. The van der Waals surface area contributed by atoms with Gasteiger partial charge in [-0.1, -0.05) is 18.2 Å². The number of aromatic nitrogens is 2. The van der Waals surface area contributed by atoms with Gasteiger partial charge in [0.2, 0.25) is 10.0 Å². The fourth-order valence-electron chi connectivity index (χ4n) is 2.82. The van der Waals surface area contributed by atoms with Crippen LogP contribution in [0, 0.1) is 0 Å². The van der Waals surface area contributed by atoms with Crippen LogP contribution in [0.5, 0.6) is 5.75 Å². The molecule has 146 valence electrons. The Morgan fingerprint density at radius 1 is 1.07 bits per heavy atom. The Morgan fingerprint density at radius 2 is 1.85 bits per heavy atom. The number of hydrogen-bond donors (Lipinski definition) is 2. The summed E-state index contributed by atoms with van der Waals surface area (Å²) in [6.07, 6.45) is 3.89. The average Bonchev–Trinajstić information content (AvgIpc) is 3.21. The second-order valence-electron chi connectivity index (χ2n) is 6.26. The van der Waals surface area contributed by atoms with Crippen molar-refractivity contribution in [3.05, 3.63) is 42.7 Å². The van der Waals surface area contributed by atoms with Crippen molar-refractivity contribution in [2.24, 2.45) is 0 Å². The maximum atomic E-state index is 12.0. The van der Waals surface area contributed by atoms with Crippen LogP contribution in [0.3, 0.4) is 0 Å². The highest BCUT2D eigenvalue weighted by Crippen LogP contribution is 2.19. The molecule has 1 aliphatic heterocycles. The molecule has 1 aromatic heterocycles. The molecule has 0 amide bonds. The van der Waals surface area contributed by atoms with E-state index in [2.05, 4.69) is 24.9 Å². The first-order valence-electron chi connectivity index (χ1n) is 9.08. The van der Waals surface area contributed by atoms with Gasteiger partial charge in [-0.3, -0.25) is 0 Å². The van der Waals surface area contributed by atoms with Gasteiger partial charge < -0.3 is 15.0 Å². The van der Waals surface area contributed by atoms with E-state index in [-0.39, 0.29) is 18.9 Å². The van der Waals surface area contributed by atoms with E-state index in [1.165, 1.54) is 19.2 Å². The van der Waals surface area contributed by atoms with Crippen LogP contribution in [-0.4, -0.2) is 56.9 Å². The lowest BCUT2D eigenvalue weighted by Gasteiger charge is -2.16. The molecular weight excluding hydrogens is 366 g/mol. The molecule has 0 radical (unpaired) electrons. The third-order valence-electron chi connectivity index (χ3n) is 4.20. The van der Waals surface area contributed by atoms with Crippen LogP contribution in [-0.2, 0) is 10.0 Å². The molecule has 1 saturated heterocycles. The van der Waals surface area contributed by atoms with Gasteiger partial charge in [0, 0.05) is 32.2 Å². The lowest BCUT2D eigenvalue weighted by molar-refractivity contribution is 0.340. The van der Waals surface area contributed by atoms with Crippen molar-refractivity contribution in [1.29, 1.82) is 0 Å². The average molecular weight is 391 g/mol. The summed E-state index contributed by atoms with van der Waals surface area (Å²) in [6, 6.07) is 11.0. The molecule has 0 bridgehead atoms. The summed E-state index contributed by atoms with van der Waals surface area (Å²) in [6.45, 7) is 2.85. The van der Waals surface area contributed by atoms with Crippen LogP contribution in [0.15, 0.2) is 42.7 Å². The van der Waals surface area contributed by atoms with Crippen LogP contribution >= 0.6 is 0 Å². The molecule has 3 rings (SSSR count). The number of hydrogen-bond acceptors (Lipinski definition) is 7. The number of para-hydroxylation sites is 1. The quantitative estimate of drug-likeness (QED) is 0.592. The second kappa shape index (κ2) is 9.52. The molecule has 2 heterocycles. The summed E-state index contributed by atoms with van der Waals surface area (Å²) in [7, 11) is -3.38. The molecule has 2 N–H and O–H groups in total. The Bertz CT molecular complexity index is 811. The second-order valence-corrected chi connectivity index (χ2v) is 8.18. The molecule has 1 fully saturated rings. The number of benzene rings is 1. The summed E-state index contributed by atoms with van der Waals surface area (Å²) < 4.78 is 32.0. The van der Waals surface area contributed by atoms with Crippen molar-refractivity contribution in [3.8, 4) is 5.75 Å². The minimum absolute atomic E-state index is 0.0888. The first-order chi connectivity index (χ1) is 13.1. The van der Waals surface area contributed by atoms with Crippen molar-refractivity contribution in [2.45, 2.75) is 12.8 Å². The van der Waals surface area contributed by atoms with Crippen LogP contribution in [0.4, 0.5) is 11.6 Å². The smallest absolute Gasteiger partial charge is 0.215 e. The normalized spacial score (nSPS) is 14.3. The molecule has 1 aliphatic rings. The van der Waals surface area contributed by atoms with Crippen molar-refractivity contribution in [3.63, 3.8) is 0 Å². The Hall–Kier alpha value is -2.39. The molecule has 8 nitrogen and oxygen atoms in total. The van der Waals surface area contributed by atoms with Crippen LogP contribution < -0.4 is 19.7 Å². The topological polar surface area (TPSA) is 96.5 Å². The van der Waals surface area contributed by atoms with E-state index in [4.69, 9.17) is 4.74 Å². The predicted octanol–water partition coefficient (Wildman–Crippen LogP) is 1.49. The van der Waals surface area contributed by atoms with Gasteiger partial charge in [0.1, 0.15) is 30.3 Å². The largest absolute Gasteiger partial charge is 0.492 e. The summed E-state index contributed by atoms with van der Waals surface area (Å²) in [4.78, 5) is 10.7. The van der Waals surface area contributed by atoms with Crippen molar-refractivity contribution in [1.82, 2.24) is 14.7 Å². The highest BCUT2D eigenvalue weighted by atomic mass is 32.2. The van der Waals surface area contributed by atoms with Gasteiger partial charge in [0.25, 0.3) is 0 Å². The molecule has 0 unspecified atom stereocenters. The fraction of sp³-hybridized carbons (Fsp3) is 0.444. The zero-order valence-electron chi connectivity index (χ0n) is 15.2.